The van der Waals surface area contributed by atoms with E-state index in [1.807, 2.05) is 4.52 Å². The second kappa shape index (κ2) is 8.60. The van der Waals surface area contributed by atoms with Gasteiger partial charge in [-0.15, -0.1) is 0 Å². The number of anilines is 1. The van der Waals surface area contributed by atoms with Crippen LogP contribution in [0.5, 0.6) is 0 Å². The Labute approximate surface area is 206 Å². The van der Waals surface area contributed by atoms with Gasteiger partial charge in [-0.2, -0.15) is 5.10 Å². The molecule has 8 heteroatoms. The number of ether oxygens (including phenoxy) is 1. The van der Waals surface area contributed by atoms with Crippen molar-refractivity contribution in [2.45, 2.75) is 71.5 Å². The van der Waals surface area contributed by atoms with Crippen molar-refractivity contribution in [3.63, 3.8) is 0 Å². The molecule has 2 aliphatic rings. The summed E-state index contributed by atoms with van der Waals surface area (Å²) in [6, 6.07) is 5.79. The highest BCUT2D eigenvalue weighted by Crippen LogP contribution is 2.38. The van der Waals surface area contributed by atoms with Gasteiger partial charge in [0.15, 0.2) is 5.65 Å². The largest absolute Gasteiger partial charge is 0.380 e. The van der Waals surface area contributed by atoms with Gasteiger partial charge in [-0.1, -0.05) is 13.8 Å². The number of pyridine rings is 2. The van der Waals surface area contributed by atoms with E-state index >= 15 is 0 Å². The van der Waals surface area contributed by atoms with E-state index in [1.165, 1.54) is 11.1 Å². The number of H-pyrrole nitrogens is 1. The lowest BCUT2D eigenvalue weighted by molar-refractivity contribution is 0.140. The number of nitrogens with one attached hydrogen (secondary N) is 2. The predicted molar refractivity (Wildman–Crippen MR) is 139 cm³/mol. The molecule has 184 valence electrons. The molecule has 6 rings (SSSR count). The molecule has 4 aromatic heterocycles. The fourth-order valence-corrected chi connectivity index (χ4v) is 6.06. The second-order valence-corrected chi connectivity index (χ2v) is 10.6. The molecule has 35 heavy (non-hydrogen) atoms. The van der Waals surface area contributed by atoms with E-state index in [9.17, 15) is 0 Å². The summed E-state index contributed by atoms with van der Waals surface area (Å²) in [4.78, 5) is 15.9. The van der Waals surface area contributed by atoms with Crippen molar-refractivity contribution in [3.05, 3.63) is 41.3 Å². The normalized spacial score (nSPS) is 23.3. The predicted octanol–water partition coefficient (Wildman–Crippen LogP) is 4.68. The molecule has 2 saturated heterocycles. The van der Waals surface area contributed by atoms with Crippen molar-refractivity contribution in [1.82, 2.24) is 29.5 Å². The molecule has 0 aromatic carbocycles. The number of hydrogen-bond acceptors (Lipinski definition) is 6. The topological polar surface area (TPSA) is 83.4 Å². The third-order valence-electron chi connectivity index (χ3n) is 8.00. The molecule has 0 spiro atoms. The maximum Gasteiger partial charge on any atom is 0.158 e. The number of fused-ring (bicyclic) bond motifs is 2. The molecule has 6 heterocycles. The Hall–Kier alpha value is -2.97. The van der Waals surface area contributed by atoms with E-state index in [1.54, 1.807) is 6.33 Å². The van der Waals surface area contributed by atoms with Gasteiger partial charge < -0.3 is 15.0 Å². The molecule has 1 unspecified atom stereocenters. The quantitative estimate of drug-likeness (QED) is 0.438. The van der Waals surface area contributed by atoms with Crippen molar-refractivity contribution < 1.29 is 4.74 Å². The SMILES string of the molecule is Cc1c(-c2[nH]c3ccc(N[C@H]4C[C@@H](C)N(C5CCOC5)C4)nc3c2C(C)C)cn2ncnc2c1C. The highest BCUT2D eigenvalue weighted by atomic mass is 16.5. The monoisotopic (exact) mass is 473 g/mol. The van der Waals surface area contributed by atoms with E-state index < -0.39 is 0 Å². The summed E-state index contributed by atoms with van der Waals surface area (Å²) in [5.41, 5.74) is 8.90. The van der Waals surface area contributed by atoms with Crippen LogP contribution in [0.2, 0.25) is 0 Å². The lowest BCUT2D eigenvalue weighted by Gasteiger charge is -2.26. The Morgan fingerprint density at radius 2 is 2.06 bits per heavy atom. The first kappa shape index (κ1) is 22.5. The molecular weight excluding hydrogens is 438 g/mol. The zero-order chi connectivity index (χ0) is 24.3. The number of aryl methyl sites for hydroxylation is 1. The van der Waals surface area contributed by atoms with Gasteiger partial charge in [0, 0.05) is 48.6 Å². The highest BCUT2D eigenvalue weighted by molar-refractivity contribution is 5.90. The van der Waals surface area contributed by atoms with Crippen LogP contribution < -0.4 is 5.32 Å². The van der Waals surface area contributed by atoms with E-state index in [0.717, 1.165) is 71.9 Å². The van der Waals surface area contributed by atoms with Gasteiger partial charge in [-0.25, -0.2) is 14.5 Å². The molecule has 2 fully saturated rings. The van der Waals surface area contributed by atoms with E-state index in [0.29, 0.717) is 24.0 Å². The maximum atomic E-state index is 5.64. The molecule has 0 amide bonds. The van der Waals surface area contributed by atoms with Crippen LogP contribution in [0.15, 0.2) is 24.7 Å². The van der Waals surface area contributed by atoms with Crippen molar-refractivity contribution in [2.75, 3.05) is 25.1 Å². The summed E-state index contributed by atoms with van der Waals surface area (Å²) < 4.78 is 7.51. The number of aromatic amines is 1. The van der Waals surface area contributed by atoms with Crippen LogP contribution in [-0.2, 0) is 4.74 Å². The third kappa shape index (κ3) is 3.79. The lowest BCUT2D eigenvalue weighted by Crippen LogP contribution is -2.39. The first-order valence-electron chi connectivity index (χ1n) is 12.8. The average Bonchev–Trinajstić information content (AvgIpc) is 3.61. The van der Waals surface area contributed by atoms with Crippen LogP contribution in [0, 0.1) is 13.8 Å². The Morgan fingerprint density at radius 1 is 1.20 bits per heavy atom. The Kier molecular flexibility index (Phi) is 5.53. The van der Waals surface area contributed by atoms with Gasteiger partial charge in [-0.05, 0) is 62.8 Å². The summed E-state index contributed by atoms with van der Waals surface area (Å²) in [5, 5.41) is 8.15. The minimum atomic E-state index is 0.317. The van der Waals surface area contributed by atoms with Crippen molar-refractivity contribution in [2.24, 2.45) is 0 Å². The lowest BCUT2D eigenvalue weighted by atomic mass is 9.95. The maximum absolute atomic E-state index is 5.64. The van der Waals surface area contributed by atoms with Gasteiger partial charge >= 0.3 is 0 Å². The average molecular weight is 474 g/mol. The summed E-state index contributed by atoms with van der Waals surface area (Å²) in [5.74, 6) is 1.27. The fraction of sp³-hybridized carbons (Fsp3) is 0.519. The van der Waals surface area contributed by atoms with E-state index in [4.69, 9.17) is 9.72 Å². The molecule has 8 nitrogen and oxygen atoms in total. The zero-order valence-corrected chi connectivity index (χ0v) is 21.3. The van der Waals surface area contributed by atoms with Crippen LogP contribution in [-0.4, -0.2) is 67.3 Å². The first-order valence-corrected chi connectivity index (χ1v) is 12.8. The number of aromatic nitrogens is 5. The Bertz CT molecular complexity index is 1380. The Morgan fingerprint density at radius 3 is 2.83 bits per heavy atom. The van der Waals surface area contributed by atoms with Crippen molar-refractivity contribution >= 4 is 22.5 Å². The number of likely N-dealkylation sites (tertiary alicyclic amines) is 1. The van der Waals surface area contributed by atoms with Crippen LogP contribution >= 0.6 is 0 Å². The molecule has 2 N–H and O–H groups in total. The fourth-order valence-electron chi connectivity index (χ4n) is 6.06. The smallest absolute Gasteiger partial charge is 0.158 e. The van der Waals surface area contributed by atoms with Gasteiger partial charge in [0.05, 0.1) is 23.3 Å². The zero-order valence-electron chi connectivity index (χ0n) is 21.3. The van der Waals surface area contributed by atoms with Gasteiger partial charge in [0.25, 0.3) is 0 Å². The number of nitrogens with zero attached hydrogens (tertiary/aromatic N) is 5. The molecule has 4 aromatic rings. The van der Waals surface area contributed by atoms with Crippen LogP contribution in [0.3, 0.4) is 0 Å². The summed E-state index contributed by atoms with van der Waals surface area (Å²) >= 11 is 0. The molecule has 0 radical (unpaired) electrons. The molecular formula is C27H35N7O. The first-order chi connectivity index (χ1) is 16.9. The summed E-state index contributed by atoms with van der Waals surface area (Å²) in [6.07, 6.45) is 5.97. The Balaban J connectivity index is 1.35. The van der Waals surface area contributed by atoms with Gasteiger partial charge in [-0.3, -0.25) is 4.90 Å². The minimum Gasteiger partial charge on any atom is -0.380 e. The second-order valence-electron chi connectivity index (χ2n) is 10.6. The molecule has 3 atom stereocenters. The molecule has 0 saturated carbocycles. The minimum absolute atomic E-state index is 0.317. The summed E-state index contributed by atoms with van der Waals surface area (Å²) in [6.45, 7) is 13.9. The standard InChI is InChI=1S/C27H35N7O/c1-15(2)24-25(21-12-34-27(28-14-29-34)18(5)17(21)4)31-22-6-7-23(32-26(22)24)30-19-10-16(3)33(11-19)20-8-9-35-13-20/h6-7,12,14-16,19-20,31H,8-11,13H2,1-5H3,(H,30,32)/t16-,19+,20?/m1/s1. The van der Waals surface area contributed by atoms with Crippen molar-refractivity contribution in [3.8, 4) is 11.3 Å². The van der Waals surface area contributed by atoms with Crippen LogP contribution in [0.25, 0.3) is 27.9 Å². The third-order valence-corrected chi connectivity index (χ3v) is 8.00. The van der Waals surface area contributed by atoms with Crippen LogP contribution in [0.1, 0.15) is 56.2 Å². The summed E-state index contributed by atoms with van der Waals surface area (Å²) in [7, 11) is 0. The van der Waals surface area contributed by atoms with Crippen molar-refractivity contribution in [1.29, 1.82) is 0 Å². The molecule has 2 aliphatic heterocycles. The van der Waals surface area contributed by atoms with E-state index in [2.05, 4.69) is 78.2 Å². The highest BCUT2D eigenvalue weighted by Gasteiger charge is 2.35. The van der Waals surface area contributed by atoms with Crippen LogP contribution in [0.4, 0.5) is 5.82 Å². The molecule has 0 bridgehead atoms. The van der Waals surface area contributed by atoms with Gasteiger partial charge in [0.2, 0.25) is 0 Å². The number of rotatable bonds is 5. The van der Waals surface area contributed by atoms with Gasteiger partial charge in [0.1, 0.15) is 12.1 Å². The number of hydrogen-bond donors (Lipinski definition) is 2. The van der Waals surface area contributed by atoms with E-state index in [-0.39, 0.29) is 0 Å². The molecule has 0 aliphatic carbocycles.